The van der Waals surface area contributed by atoms with Gasteiger partial charge in [-0.2, -0.15) is 0 Å². The van der Waals surface area contributed by atoms with Crippen LogP contribution in [0.15, 0.2) is 72.6 Å². The number of aryl methyl sites for hydroxylation is 1. The molecule has 1 amide bonds. The molecule has 7 nitrogen and oxygen atoms in total. The molecule has 1 aliphatic heterocycles. The van der Waals surface area contributed by atoms with Gasteiger partial charge in [0.1, 0.15) is 17.3 Å². The van der Waals surface area contributed by atoms with Gasteiger partial charge in [0.2, 0.25) is 0 Å². The fourth-order valence-electron chi connectivity index (χ4n) is 4.04. The van der Waals surface area contributed by atoms with Crippen molar-refractivity contribution in [1.29, 1.82) is 0 Å². The Kier molecular flexibility index (Phi) is 6.13. The number of nitrogens with zero attached hydrogens (tertiary/aromatic N) is 2. The highest BCUT2D eigenvalue weighted by Crippen LogP contribution is 2.41. The molecule has 7 heteroatoms. The number of methoxy groups -OCH3 is 2. The minimum absolute atomic E-state index is 0.0452. The van der Waals surface area contributed by atoms with Gasteiger partial charge < -0.3 is 19.5 Å². The predicted octanol–water partition coefficient (Wildman–Crippen LogP) is 4.03. The van der Waals surface area contributed by atoms with Crippen molar-refractivity contribution in [3.8, 4) is 11.5 Å². The molecule has 1 atom stereocenters. The summed E-state index contributed by atoms with van der Waals surface area (Å²) in [6.07, 6.45) is 3.27. The van der Waals surface area contributed by atoms with Gasteiger partial charge in [-0.1, -0.05) is 12.1 Å². The number of hydrogen-bond acceptors (Lipinski definition) is 6. The molecule has 1 saturated heterocycles. The Balaban J connectivity index is 1.85. The van der Waals surface area contributed by atoms with E-state index < -0.39 is 17.7 Å². The average molecular weight is 444 g/mol. The molecule has 1 aromatic heterocycles. The summed E-state index contributed by atoms with van der Waals surface area (Å²) in [6.45, 7) is 2.04. The second kappa shape index (κ2) is 9.16. The minimum atomic E-state index is -0.758. The van der Waals surface area contributed by atoms with Crippen LogP contribution in [-0.2, 0) is 16.1 Å². The van der Waals surface area contributed by atoms with Crippen LogP contribution >= 0.6 is 0 Å². The number of hydrogen-bond donors (Lipinski definition) is 1. The van der Waals surface area contributed by atoms with Crippen LogP contribution < -0.4 is 9.47 Å². The zero-order chi connectivity index (χ0) is 23.5. The monoisotopic (exact) mass is 444 g/mol. The van der Waals surface area contributed by atoms with Gasteiger partial charge in [-0.3, -0.25) is 14.6 Å². The quantitative estimate of drug-likeness (QED) is 0.351. The maximum atomic E-state index is 13.2. The number of ether oxygens (including phenoxy) is 2. The highest BCUT2D eigenvalue weighted by Gasteiger charge is 2.46. The number of carbonyl (C=O) groups excluding carboxylic acids is 2. The standard InChI is InChI=1S/C26H24N2O5/c1-16-14-19(6-9-21(16)33-3)24(29)22-23(18-4-7-20(32-2)8-5-18)28(26(31)25(22)30)15-17-10-12-27-13-11-17/h4-14,23,29H,15H2,1-3H3/b24-22-. The molecule has 1 fully saturated rings. The van der Waals surface area contributed by atoms with E-state index in [0.29, 0.717) is 22.6 Å². The Morgan fingerprint density at radius 1 is 1.00 bits per heavy atom. The van der Waals surface area contributed by atoms with E-state index in [1.165, 1.54) is 4.90 Å². The molecular weight excluding hydrogens is 420 g/mol. The molecule has 2 heterocycles. The second-order valence-electron chi connectivity index (χ2n) is 7.74. The highest BCUT2D eigenvalue weighted by molar-refractivity contribution is 6.46. The number of carbonyl (C=O) groups is 2. The molecule has 0 radical (unpaired) electrons. The van der Waals surface area contributed by atoms with Crippen LogP contribution in [0, 0.1) is 6.92 Å². The van der Waals surface area contributed by atoms with Gasteiger partial charge in [0, 0.05) is 24.5 Å². The first kappa shape index (κ1) is 22.1. The van der Waals surface area contributed by atoms with Crippen molar-refractivity contribution in [2.45, 2.75) is 19.5 Å². The van der Waals surface area contributed by atoms with Gasteiger partial charge in [0.15, 0.2) is 0 Å². The molecule has 1 N–H and O–H groups in total. The molecule has 168 valence electrons. The van der Waals surface area contributed by atoms with E-state index in [0.717, 1.165) is 11.1 Å². The van der Waals surface area contributed by atoms with Crippen molar-refractivity contribution in [3.63, 3.8) is 0 Å². The lowest BCUT2D eigenvalue weighted by molar-refractivity contribution is -0.140. The summed E-state index contributed by atoms with van der Waals surface area (Å²) in [5.41, 5.74) is 2.80. The average Bonchev–Trinajstić information content (AvgIpc) is 3.09. The van der Waals surface area contributed by atoms with E-state index >= 15 is 0 Å². The number of pyridine rings is 1. The van der Waals surface area contributed by atoms with E-state index in [-0.39, 0.29) is 17.9 Å². The van der Waals surface area contributed by atoms with Gasteiger partial charge in [0.05, 0.1) is 25.8 Å². The van der Waals surface area contributed by atoms with Crippen LogP contribution in [0.5, 0.6) is 11.5 Å². The van der Waals surface area contributed by atoms with E-state index in [4.69, 9.17) is 9.47 Å². The molecule has 0 aliphatic carbocycles. The molecule has 1 unspecified atom stereocenters. The second-order valence-corrected chi connectivity index (χ2v) is 7.74. The van der Waals surface area contributed by atoms with Crippen LogP contribution in [0.25, 0.3) is 5.76 Å². The van der Waals surface area contributed by atoms with Crippen LogP contribution in [0.3, 0.4) is 0 Å². The molecule has 0 spiro atoms. The number of aliphatic hydroxyl groups is 1. The SMILES string of the molecule is COc1ccc(C2/C(=C(/O)c3ccc(OC)c(C)c3)C(=O)C(=O)N2Cc2ccncc2)cc1. The van der Waals surface area contributed by atoms with Crippen LogP contribution in [-0.4, -0.2) is 40.9 Å². The molecule has 2 aromatic carbocycles. The third-order valence-corrected chi connectivity index (χ3v) is 5.74. The maximum absolute atomic E-state index is 13.2. The Morgan fingerprint density at radius 3 is 2.30 bits per heavy atom. The lowest BCUT2D eigenvalue weighted by Crippen LogP contribution is -2.29. The lowest BCUT2D eigenvalue weighted by Gasteiger charge is -2.25. The number of likely N-dealkylation sites (tertiary alicyclic amines) is 1. The molecule has 33 heavy (non-hydrogen) atoms. The van der Waals surface area contributed by atoms with Crippen molar-refractivity contribution >= 4 is 17.4 Å². The molecule has 0 bridgehead atoms. The smallest absolute Gasteiger partial charge is 0.295 e. The third kappa shape index (κ3) is 4.17. The van der Waals surface area contributed by atoms with Gasteiger partial charge in [0.25, 0.3) is 11.7 Å². The van der Waals surface area contributed by atoms with Crippen LogP contribution in [0.2, 0.25) is 0 Å². The minimum Gasteiger partial charge on any atom is -0.507 e. The van der Waals surface area contributed by atoms with Crippen molar-refractivity contribution in [3.05, 3.63) is 94.8 Å². The summed E-state index contributed by atoms with van der Waals surface area (Å²) in [5.74, 6) is -0.306. The van der Waals surface area contributed by atoms with Crippen LogP contribution in [0.4, 0.5) is 0 Å². The Labute approximate surface area is 191 Å². The first-order valence-electron chi connectivity index (χ1n) is 10.4. The summed E-state index contributed by atoms with van der Waals surface area (Å²) < 4.78 is 10.5. The number of ketones is 1. The number of rotatable bonds is 6. The number of Topliss-reactive ketones (excluding diaryl/α,β-unsaturated/α-hetero) is 1. The Hall–Kier alpha value is -4.13. The first-order chi connectivity index (χ1) is 15.9. The normalized spacial score (nSPS) is 17.3. The van der Waals surface area contributed by atoms with Crippen molar-refractivity contribution in [2.75, 3.05) is 14.2 Å². The van der Waals surface area contributed by atoms with Crippen molar-refractivity contribution in [2.24, 2.45) is 0 Å². The molecular formula is C26H24N2O5. The number of aromatic nitrogens is 1. The van der Waals surface area contributed by atoms with Gasteiger partial charge in [-0.05, 0) is 66.1 Å². The highest BCUT2D eigenvalue weighted by atomic mass is 16.5. The number of benzene rings is 2. The van der Waals surface area contributed by atoms with Gasteiger partial charge in [-0.25, -0.2) is 0 Å². The van der Waals surface area contributed by atoms with Crippen LogP contribution in [0.1, 0.15) is 28.3 Å². The van der Waals surface area contributed by atoms with E-state index in [2.05, 4.69) is 4.98 Å². The molecule has 4 rings (SSSR count). The van der Waals surface area contributed by atoms with E-state index in [9.17, 15) is 14.7 Å². The fraction of sp³-hybridized carbons (Fsp3) is 0.192. The van der Waals surface area contributed by atoms with Crippen molar-refractivity contribution < 1.29 is 24.2 Å². The zero-order valence-corrected chi connectivity index (χ0v) is 18.6. The number of aliphatic hydroxyl groups excluding tert-OH is 1. The predicted molar refractivity (Wildman–Crippen MR) is 123 cm³/mol. The Bertz CT molecular complexity index is 1220. The van der Waals surface area contributed by atoms with E-state index in [1.54, 1.807) is 81.2 Å². The van der Waals surface area contributed by atoms with Crippen molar-refractivity contribution in [1.82, 2.24) is 9.88 Å². The Morgan fingerprint density at radius 2 is 1.70 bits per heavy atom. The molecule has 1 aliphatic rings. The summed E-state index contributed by atoms with van der Waals surface area (Å²) in [7, 11) is 3.13. The fourth-order valence-corrected chi connectivity index (χ4v) is 4.04. The summed E-state index contributed by atoms with van der Waals surface area (Å²) in [6, 6.07) is 15.1. The molecule has 3 aromatic rings. The lowest BCUT2D eigenvalue weighted by atomic mass is 9.94. The van der Waals surface area contributed by atoms with Gasteiger partial charge in [-0.15, -0.1) is 0 Å². The summed E-state index contributed by atoms with van der Waals surface area (Å²) in [5, 5.41) is 11.2. The number of amides is 1. The van der Waals surface area contributed by atoms with E-state index in [1.807, 2.05) is 6.92 Å². The third-order valence-electron chi connectivity index (χ3n) is 5.74. The first-order valence-corrected chi connectivity index (χ1v) is 10.4. The molecule has 0 saturated carbocycles. The summed E-state index contributed by atoms with van der Waals surface area (Å²) >= 11 is 0. The topological polar surface area (TPSA) is 89.0 Å². The van der Waals surface area contributed by atoms with Gasteiger partial charge >= 0.3 is 0 Å². The maximum Gasteiger partial charge on any atom is 0.295 e. The summed E-state index contributed by atoms with van der Waals surface area (Å²) in [4.78, 5) is 31.8. The largest absolute Gasteiger partial charge is 0.507 e. The zero-order valence-electron chi connectivity index (χ0n) is 18.6.